The minimum absolute atomic E-state index is 0.183. The molecule has 1 aromatic rings. The van der Waals surface area contributed by atoms with Crippen molar-refractivity contribution in [1.29, 1.82) is 0 Å². The molecule has 1 unspecified atom stereocenters. The first-order chi connectivity index (χ1) is 10.1. The molecule has 0 saturated heterocycles. The molecular formula is C12H11F3N2O5. The summed E-state index contributed by atoms with van der Waals surface area (Å²) in [6.07, 6.45) is -6.92. The molecule has 0 radical (unpaired) electrons. The van der Waals surface area contributed by atoms with Gasteiger partial charge in [0.15, 0.2) is 0 Å². The molecule has 0 saturated carbocycles. The molecule has 1 amide bonds. The zero-order valence-electron chi connectivity index (χ0n) is 11.0. The number of nitrogens with zero attached hydrogens (tertiary/aromatic N) is 1. The van der Waals surface area contributed by atoms with Crippen LogP contribution in [0.2, 0.25) is 0 Å². The molecular weight excluding hydrogens is 309 g/mol. The van der Waals surface area contributed by atoms with Gasteiger partial charge in [0.2, 0.25) is 5.91 Å². The van der Waals surface area contributed by atoms with E-state index in [1.807, 2.05) is 0 Å². The van der Waals surface area contributed by atoms with E-state index in [2.05, 4.69) is 0 Å². The molecule has 0 aliphatic carbocycles. The summed E-state index contributed by atoms with van der Waals surface area (Å²) in [7, 11) is 0. The molecule has 22 heavy (non-hydrogen) atoms. The molecule has 10 heteroatoms. The van der Waals surface area contributed by atoms with Gasteiger partial charge in [-0.2, -0.15) is 13.2 Å². The van der Waals surface area contributed by atoms with E-state index < -0.39 is 41.9 Å². The highest BCUT2D eigenvalue weighted by molar-refractivity contribution is 5.84. The van der Waals surface area contributed by atoms with Crippen molar-refractivity contribution in [2.45, 2.75) is 25.1 Å². The van der Waals surface area contributed by atoms with Crippen LogP contribution in [0.15, 0.2) is 24.3 Å². The first kappa shape index (κ1) is 17.4. The Bertz CT molecular complexity index is 588. The van der Waals surface area contributed by atoms with Gasteiger partial charge in [0.05, 0.1) is 17.8 Å². The number of carbonyl (C=O) groups excluding carboxylic acids is 1. The normalized spacial score (nSPS) is 12.5. The summed E-state index contributed by atoms with van der Waals surface area (Å²) in [6.45, 7) is 0. The fraction of sp³-hybridized carbons (Fsp3) is 0.333. The van der Waals surface area contributed by atoms with Crippen LogP contribution in [-0.2, 0) is 16.0 Å². The Morgan fingerprint density at radius 3 is 2.50 bits per heavy atom. The molecule has 1 aromatic carbocycles. The maximum Gasteiger partial charge on any atom is 0.391 e. The van der Waals surface area contributed by atoms with E-state index in [1.54, 1.807) is 5.32 Å². The maximum absolute atomic E-state index is 12.2. The van der Waals surface area contributed by atoms with Crippen LogP contribution in [0.5, 0.6) is 0 Å². The number of benzene rings is 1. The second-order valence-electron chi connectivity index (χ2n) is 4.38. The first-order valence-electron chi connectivity index (χ1n) is 5.91. The quantitative estimate of drug-likeness (QED) is 0.612. The lowest BCUT2D eigenvalue weighted by Crippen LogP contribution is -2.44. The van der Waals surface area contributed by atoms with E-state index in [-0.39, 0.29) is 11.3 Å². The van der Waals surface area contributed by atoms with Gasteiger partial charge in [0, 0.05) is 12.1 Å². The lowest BCUT2D eigenvalue weighted by atomic mass is 10.1. The van der Waals surface area contributed by atoms with Crippen LogP contribution in [0.1, 0.15) is 12.0 Å². The third kappa shape index (κ3) is 5.77. The van der Waals surface area contributed by atoms with Gasteiger partial charge in [-0.05, 0) is 5.56 Å². The number of non-ortho nitro benzene ring substituents is 1. The monoisotopic (exact) mass is 320 g/mol. The molecule has 120 valence electrons. The van der Waals surface area contributed by atoms with Crippen molar-refractivity contribution < 1.29 is 32.8 Å². The second kappa shape index (κ2) is 6.87. The number of carbonyl (C=O) groups is 2. The van der Waals surface area contributed by atoms with Crippen molar-refractivity contribution in [3.05, 3.63) is 39.9 Å². The minimum Gasteiger partial charge on any atom is -0.480 e. The lowest BCUT2D eigenvalue weighted by molar-refractivity contribution is -0.384. The van der Waals surface area contributed by atoms with Gasteiger partial charge in [-0.3, -0.25) is 14.9 Å². The third-order valence-corrected chi connectivity index (χ3v) is 2.55. The van der Waals surface area contributed by atoms with Crippen LogP contribution >= 0.6 is 0 Å². The van der Waals surface area contributed by atoms with Crippen molar-refractivity contribution in [3.63, 3.8) is 0 Å². The van der Waals surface area contributed by atoms with Crippen LogP contribution in [0.4, 0.5) is 18.9 Å². The highest BCUT2D eigenvalue weighted by atomic mass is 19.4. The number of halogens is 3. The third-order valence-electron chi connectivity index (χ3n) is 2.55. The summed E-state index contributed by atoms with van der Waals surface area (Å²) in [5.41, 5.74) is -0.0989. The van der Waals surface area contributed by atoms with Crippen LogP contribution in [0.25, 0.3) is 0 Å². The first-order valence-corrected chi connectivity index (χ1v) is 5.91. The van der Waals surface area contributed by atoms with Crippen LogP contribution in [0.3, 0.4) is 0 Å². The molecule has 0 aliphatic rings. The molecule has 0 bridgehead atoms. The fourth-order valence-corrected chi connectivity index (χ4v) is 1.64. The number of amides is 1. The standard InChI is InChI=1S/C12H11F3N2O5/c13-12(14,15)6-9(11(19)20)16-10(18)5-7-2-1-3-8(4-7)17(21)22/h1-4,9H,5-6H2,(H,16,18)(H,19,20). The number of nitrogens with one attached hydrogen (secondary N) is 1. The highest BCUT2D eigenvalue weighted by Gasteiger charge is 2.36. The SMILES string of the molecule is O=C(Cc1cccc([N+](=O)[O-])c1)NC(CC(F)(F)F)C(=O)O. The van der Waals surface area contributed by atoms with E-state index in [0.29, 0.717) is 0 Å². The lowest BCUT2D eigenvalue weighted by Gasteiger charge is -2.16. The van der Waals surface area contributed by atoms with E-state index in [4.69, 9.17) is 5.11 Å². The number of nitro benzene ring substituents is 1. The Balaban J connectivity index is 2.73. The summed E-state index contributed by atoms with van der Waals surface area (Å²) in [6, 6.07) is 2.84. The topological polar surface area (TPSA) is 110 Å². The zero-order chi connectivity index (χ0) is 16.9. The Hall–Kier alpha value is -2.65. The van der Waals surface area contributed by atoms with Crippen molar-refractivity contribution in [2.24, 2.45) is 0 Å². The summed E-state index contributed by atoms with van der Waals surface area (Å²) in [5.74, 6) is -2.79. The number of hydrogen-bond acceptors (Lipinski definition) is 4. The Labute approximate surface area is 121 Å². The van der Waals surface area contributed by atoms with Gasteiger partial charge in [0.25, 0.3) is 5.69 Å². The molecule has 0 aliphatic heterocycles. The van der Waals surface area contributed by atoms with E-state index in [9.17, 15) is 32.9 Å². The average Bonchev–Trinajstić information content (AvgIpc) is 2.36. The Kier molecular flexibility index (Phi) is 5.44. The predicted octanol–water partition coefficient (Wildman–Crippen LogP) is 1.66. The molecule has 0 aromatic heterocycles. The van der Waals surface area contributed by atoms with Gasteiger partial charge in [-0.25, -0.2) is 4.79 Å². The Morgan fingerprint density at radius 1 is 1.36 bits per heavy atom. The number of carboxylic acids is 1. The van der Waals surface area contributed by atoms with Gasteiger partial charge in [-0.15, -0.1) is 0 Å². The average molecular weight is 320 g/mol. The summed E-state index contributed by atoms with van der Waals surface area (Å²) in [4.78, 5) is 32.2. The predicted molar refractivity (Wildman–Crippen MR) is 67.0 cm³/mol. The Morgan fingerprint density at radius 2 is 2.00 bits per heavy atom. The van der Waals surface area contributed by atoms with Crippen LogP contribution in [0, 0.1) is 10.1 Å². The zero-order valence-corrected chi connectivity index (χ0v) is 11.0. The van der Waals surface area contributed by atoms with Crippen LogP contribution in [-0.4, -0.2) is 34.1 Å². The fourth-order valence-electron chi connectivity index (χ4n) is 1.64. The van der Waals surface area contributed by atoms with Gasteiger partial charge >= 0.3 is 12.1 Å². The molecule has 7 nitrogen and oxygen atoms in total. The number of hydrogen-bond donors (Lipinski definition) is 2. The minimum atomic E-state index is -4.75. The molecule has 1 atom stereocenters. The van der Waals surface area contributed by atoms with Crippen molar-refractivity contribution >= 4 is 17.6 Å². The van der Waals surface area contributed by atoms with Crippen molar-refractivity contribution in [1.82, 2.24) is 5.32 Å². The van der Waals surface area contributed by atoms with Gasteiger partial charge < -0.3 is 10.4 Å². The molecule has 0 heterocycles. The number of nitro groups is 1. The number of rotatable bonds is 6. The van der Waals surface area contributed by atoms with Gasteiger partial charge in [0.1, 0.15) is 6.04 Å². The molecule has 0 fully saturated rings. The van der Waals surface area contributed by atoms with Crippen LogP contribution < -0.4 is 5.32 Å². The second-order valence-corrected chi connectivity index (χ2v) is 4.38. The summed E-state index contributed by atoms with van der Waals surface area (Å²) in [5, 5.41) is 21.0. The van der Waals surface area contributed by atoms with E-state index in [1.165, 1.54) is 18.2 Å². The number of carboxylic acid groups (broad SMARTS) is 1. The van der Waals surface area contributed by atoms with Crippen molar-refractivity contribution in [2.75, 3.05) is 0 Å². The summed E-state index contributed by atoms with van der Waals surface area (Å²) < 4.78 is 36.6. The number of alkyl halides is 3. The maximum atomic E-state index is 12.2. The van der Waals surface area contributed by atoms with Gasteiger partial charge in [-0.1, -0.05) is 12.1 Å². The largest absolute Gasteiger partial charge is 0.480 e. The molecule has 0 spiro atoms. The smallest absolute Gasteiger partial charge is 0.391 e. The van der Waals surface area contributed by atoms with E-state index in [0.717, 1.165) is 6.07 Å². The van der Waals surface area contributed by atoms with E-state index >= 15 is 0 Å². The summed E-state index contributed by atoms with van der Waals surface area (Å²) >= 11 is 0. The highest BCUT2D eigenvalue weighted by Crippen LogP contribution is 2.21. The van der Waals surface area contributed by atoms with Crippen molar-refractivity contribution in [3.8, 4) is 0 Å². The molecule has 2 N–H and O–H groups in total. The molecule has 1 rings (SSSR count). The number of aliphatic carboxylic acids is 1.